The van der Waals surface area contributed by atoms with Gasteiger partial charge in [-0.1, -0.05) is 24.3 Å². The van der Waals surface area contributed by atoms with Crippen molar-refractivity contribution in [2.75, 3.05) is 0 Å². The summed E-state index contributed by atoms with van der Waals surface area (Å²) in [5, 5.41) is 0. The van der Waals surface area contributed by atoms with E-state index in [1.807, 2.05) is 0 Å². The van der Waals surface area contributed by atoms with Gasteiger partial charge < -0.3 is 12.9 Å². The first kappa shape index (κ1) is 15.6. The first-order valence-electron chi connectivity index (χ1n) is 3.89. The van der Waals surface area contributed by atoms with Crippen molar-refractivity contribution in [3.05, 3.63) is 29.8 Å². The summed E-state index contributed by atoms with van der Waals surface area (Å²) in [5.41, 5.74) is -1.61. The van der Waals surface area contributed by atoms with Crippen molar-refractivity contribution in [1.29, 1.82) is 0 Å². The van der Waals surface area contributed by atoms with Crippen LogP contribution in [0.3, 0.4) is 0 Å². The fourth-order valence-corrected chi connectivity index (χ4v) is 1.02. The third-order valence-corrected chi connectivity index (χ3v) is 1.77. The fourth-order valence-electron chi connectivity index (χ4n) is 1.02. The molecule has 1 rings (SSSR count). The molecule has 0 radical (unpaired) electrons. The molecular formula is C8H7BF5K. The van der Waals surface area contributed by atoms with Crippen LogP contribution in [-0.2, 0) is 5.92 Å². The molecule has 1 aromatic carbocycles. The Kier molecular flexibility index (Phi) is 5.47. The Hall–Kier alpha value is 0.571. The molecule has 15 heavy (non-hydrogen) atoms. The van der Waals surface area contributed by atoms with Gasteiger partial charge in [-0.15, -0.1) is 5.46 Å². The summed E-state index contributed by atoms with van der Waals surface area (Å²) in [5.74, 6) is -3.24. The Morgan fingerprint density at radius 3 is 2.07 bits per heavy atom. The predicted molar refractivity (Wildman–Crippen MR) is 44.7 cm³/mol. The molecule has 0 aliphatic heterocycles. The smallest absolute Gasteiger partial charge is 0.445 e. The van der Waals surface area contributed by atoms with E-state index in [1.54, 1.807) is 0 Å². The molecule has 0 heterocycles. The number of hydrogen-bond donors (Lipinski definition) is 0. The zero-order valence-corrected chi connectivity index (χ0v) is 11.4. The zero-order valence-electron chi connectivity index (χ0n) is 8.28. The van der Waals surface area contributed by atoms with Crippen LogP contribution in [0.1, 0.15) is 12.5 Å². The maximum atomic E-state index is 12.7. The zero-order chi connectivity index (χ0) is 11.0. The van der Waals surface area contributed by atoms with E-state index in [1.165, 1.54) is 0 Å². The monoisotopic (exact) mass is 248 g/mol. The molecule has 0 spiro atoms. The predicted octanol–water partition coefficient (Wildman–Crippen LogP) is -0.143. The third kappa shape index (κ3) is 4.52. The summed E-state index contributed by atoms with van der Waals surface area (Å²) in [6.45, 7) is -4.64. The average Bonchev–Trinajstić information content (AvgIpc) is 2.01. The summed E-state index contributed by atoms with van der Waals surface area (Å²) in [7, 11) is 0. The van der Waals surface area contributed by atoms with Gasteiger partial charge in [0.05, 0.1) is 0 Å². The average molecular weight is 248 g/mol. The molecule has 0 atom stereocenters. The van der Waals surface area contributed by atoms with Crippen molar-refractivity contribution in [3.63, 3.8) is 0 Å². The Bertz CT molecular complexity index is 301. The van der Waals surface area contributed by atoms with Crippen LogP contribution < -0.4 is 56.8 Å². The van der Waals surface area contributed by atoms with Crippen molar-refractivity contribution in [1.82, 2.24) is 0 Å². The standard InChI is InChI=1S/C8H7BF5.K/c1-8(10,11)6-3-2-4-7(5-6)9(12,13)14;/h2-5H,1H3;/q-1;+1. The molecule has 78 valence electrons. The summed E-state index contributed by atoms with van der Waals surface area (Å²) < 4.78 is 61.8. The van der Waals surface area contributed by atoms with Gasteiger partial charge in [-0.05, 0) is 0 Å². The minimum absolute atomic E-state index is 0. The molecule has 0 aliphatic rings. The van der Waals surface area contributed by atoms with Gasteiger partial charge in [-0.3, -0.25) is 0 Å². The number of alkyl halides is 2. The SMILES string of the molecule is CC(F)(F)c1cccc([B-](F)(F)F)c1.[K+]. The van der Waals surface area contributed by atoms with Gasteiger partial charge in [0.2, 0.25) is 0 Å². The Morgan fingerprint density at radius 2 is 1.67 bits per heavy atom. The quantitative estimate of drug-likeness (QED) is 0.504. The normalized spacial score (nSPS) is 12.1. The summed E-state index contributed by atoms with van der Waals surface area (Å²) in [4.78, 5) is 0. The van der Waals surface area contributed by atoms with E-state index in [-0.39, 0.29) is 51.4 Å². The second kappa shape index (κ2) is 5.27. The van der Waals surface area contributed by atoms with Gasteiger partial charge in [-0.2, -0.15) is 0 Å². The number of rotatable bonds is 2. The van der Waals surface area contributed by atoms with Gasteiger partial charge in [0.15, 0.2) is 0 Å². The number of benzene rings is 1. The van der Waals surface area contributed by atoms with Crippen LogP contribution >= 0.6 is 0 Å². The van der Waals surface area contributed by atoms with E-state index >= 15 is 0 Å². The minimum atomic E-state index is -5.21. The van der Waals surface area contributed by atoms with Gasteiger partial charge in [-0.25, -0.2) is 8.78 Å². The molecule has 1 aromatic rings. The van der Waals surface area contributed by atoms with Crippen molar-refractivity contribution in [3.8, 4) is 0 Å². The van der Waals surface area contributed by atoms with E-state index in [2.05, 4.69) is 0 Å². The number of halogens is 5. The topological polar surface area (TPSA) is 0 Å². The molecule has 0 unspecified atom stereocenters. The molecule has 0 N–H and O–H groups in total. The Morgan fingerprint density at radius 1 is 1.13 bits per heavy atom. The number of hydrogen-bond acceptors (Lipinski definition) is 0. The maximum absolute atomic E-state index is 12.7. The van der Waals surface area contributed by atoms with E-state index in [0.29, 0.717) is 13.0 Å². The van der Waals surface area contributed by atoms with E-state index in [4.69, 9.17) is 0 Å². The molecule has 0 fully saturated rings. The Balaban J connectivity index is 0.00000196. The van der Waals surface area contributed by atoms with Crippen molar-refractivity contribution in [2.45, 2.75) is 12.8 Å². The van der Waals surface area contributed by atoms with E-state index in [0.717, 1.165) is 18.2 Å². The molecule has 0 nitrogen and oxygen atoms in total. The van der Waals surface area contributed by atoms with Crippen LogP contribution in [-0.4, -0.2) is 6.98 Å². The molecule has 0 saturated carbocycles. The van der Waals surface area contributed by atoms with Crippen LogP contribution in [0.25, 0.3) is 0 Å². The first-order chi connectivity index (χ1) is 6.21. The van der Waals surface area contributed by atoms with Gasteiger partial charge >= 0.3 is 58.4 Å². The van der Waals surface area contributed by atoms with Crippen molar-refractivity contribution >= 4 is 12.4 Å². The van der Waals surface area contributed by atoms with Crippen LogP contribution in [0, 0.1) is 0 Å². The molecule has 0 aliphatic carbocycles. The van der Waals surface area contributed by atoms with Crippen LogP contribution in [0.15, 0.2) is 24.3 Å². The molecule has 0 bridgehead atoms. The van der Waals surface area contributed by atoms with E-state index in [9.17, 15) is 21.7 Å². The summed E-state index contributed by atoms with van der Waals surface area (Å²) in [6.07, 6.45) is 0. The van der Waals surface area contributed by atoms with Crippen molar-refractivity contribution < 1.29 is 73.1 Å². The van der Waals surface area contributed by atoms with Crippen LogP contribution in [0.2, 0.25) is 0 Å². The summed E-state index contributed by atoms with van der Waals surface area (Å²) in [6, 6.07) is 3.23. The van der Waals surface area contributed by atoms with Crippen molar-refractivity contribution in [2.24, 2.45) is 0 Å². The second-order valence-electron chi connectivity index (χ2n) is 3.09. The van der Waals surface area contributed by atoms with Gasteiger partial charge in [0.25, 0.3) is 5.92 Å². The Labute approximate surface area is 127 Å². The minimum Gasteiger partial charge on any atom is -0.445 e. The molecule has 0 aromatic heterocycles. The second-order valence-corrected chi connectivity index (χ2v) is 3.09. The third-order valence-electron chi connectivity index (χ3n) is 1.77. The fraction of sp³-hybridized carbons (Fsp3) is 0.250. The molecular weight excluding hydrogens is 241 g/mol. The largest absolute Gasteiger partial charge is 1.00 e. The molecule has 0 saturated heterocycles. The molecule has 0 amide bonds. The maximum Gasteiger partial charge on any atom is 1.00 e. The van der Waals surface area contributed by atoms with Crippen LogP contribution in [0.5, 0.6) is 0 Å². The summed E-state index contributed by atoms with van der Waals surface area (Å²) >= 11 is 0. The first-order valence-corrected chi connectivity index (χ1v) is 3.89. The van der Waals surface area contributed by atoms with Gasteiger partial charge in [0, 0.05) is 12.5 Å². The van der Waals surface area contributed by atoms with Crippen LogP contribution in [0.4, 0.5) is 21.7 Å². The van der Waals surface area contributed by atoms with Gasteiger partial charge in [0.1, 0.15) is 0 Å². The molecule has 7 heteroatoms. The van der Waals surface area contributed by atoms with E-state index < -0.39 is 23.9 Å².